The largest absolute Gasteiger partial charge is 0.466 e. The Balaban J connectivity index is 3.00. The maximum atomic E-state index is 12.0. The Bertz CT molecular complexity index is 416. The normalized spacial score (nSPS) is 12.6. The minimum atomic E-state index is -0.278. The van der Waals surface area contributed by atoms with Gasteiger partial charge in [0, 0.05) is 0 Å². The van der Waals surface area contributed by atoms with Crippen LogP contribution < -0.4 is 0 Å². The Morgan fingerprint density at radius 3 is 2.44 bits per heavy atom. The molecule has 18 heavy (non-hydrogen) atoms. The molecule has 1 aromatic rings. The molecule has 0 aliphatic heterocycles. The molecule has 0 aliphatic carbocycles. The zero-order chi connectivity index (χ0) is 13.7. The number of benzene rings is 1. The molecule has 0 amide bonds. The van der Waals surface area contributed by atoms with E-state index in [2.05, 4.69) is 13.8 Å². The van der Waals surface area contributed by atoms with Gasteiger partial charge in [0.15, 0.2) is 0 Å². The van der Waals surface area contributed by atoms with Crippen LogP contribution in [0.15, 0.2) is 18.2 Å². The van der Waals surface area contributed by atoms with Crippen molar-refractivity contribution in [2.75, 3.05) is 6.61 Å². The van der Waals surface area contributed by atoms with Crippen molar-refractivity contribution >= 4 is 29.2 Å². The van der Waals surface area contributed by atoms with E-state index in [0.29, 0.717) is 22.6 Å². The second-order valence-corrected chi connectivity index (χ2v) is 5.42. The summed E-state index contributed by atoms with van der Waals surface area (Å²) in [5.41, 5.74) is 0.858. The number of esters is 1. The molecular formula is C14H18Cl2O2. The van der Waals surface area contributed by atoms with Crippen molar-refractivity contribution in [2.45, 2.75) is 33.1 Å². The van der Waals surface area contributed by atoms with Crippen LogP contribution in [0.2, 0.25) is 10.0 Å². The van der Waals surface area contributed by atoms with Gasteiger partial charge >= 0.3 is 5.97 Å². The Morgan fingerprint density at radius 2 is 1.94 bits per heavy atom. The van der Waals surface area contributed by atoms with Crippen LogP contribution in [0.3, 0.4) is 0 Å². The fraction of sp³-hybridized carbons (Fsp3) is 0.500. The summed E-state index contributed by atoms with van der Waals surface area (Å²) in [5.74, 6) is -0.0850. The fourth-order valence-electron chi connectivity index (χ4n) is 1.81. The lowest BCUT2D eigenvalue weighted by atomic mass is 9.90. The molecule has 0 saturated carbocycles. The number of halogens is 2. The summed E-state index contributed by atoms with van der Waals surface area (Å²) in [5, 5.41) is 0.958. The standard InChI is InChI=1S/C14H18Cl2O2/c1-4-18-14(17)11(7-9(2)3)10-5-6-12(15)13(16)8-10/h5-6,8-9,11H,4,7H2,1-3H3/t11-/m0/s1. The molecule has 1 rings (SSSR count). The average molecular weight is 289 g/mol. The predicted octanol–water partition coefficient (Wildman–Crippen LogP) is 4.69. The first kappa shape index (κ1) is 15.3. The zero-order valence-electron chi connectivity index (χ0n) is 10.9. The van der Waals surface area contributed by atoms with E-state index in [1.807, 2.05) is 6.07 Å². The van der Waals surface area contributed by atoms with Gasteiger partial charge in [-0.3, -0.25) is 4.79 Å². The Morgan fingerprint density at radius 1 is 1.28 bits per heavy atom. The molecule has 2 nitrogen and oxygen atoms in total. The van der Waals surface area contributed by atoms with Crippen molar-refractivity contribution in [1.29, 1.82) is 0 Å². The van der Waals surface area contributed by atoms with E-state index < -0.39 is 0 Å². The lowest BCUT2D eigenvalue weighted by Gasteiger charge is -2.18. The van der Waals surface area contributed by atoms with Crippen molar-refractivity contribution in [2.24, 2.45) is 5.92 Å². The third-order valence-corrected chi connectivity index (χ3v) is 3.36. The number of rotatable bonds is 5. The summed E-state index contributed by atoms with van der Waals surface area (Å²) in [7, 11) is 0. The summed E-state index contributed by atoms with van der Waals surface area (Å²) >= 11 is 11.9. The number of carbonyl (C=O) groups is 1. The van der Waals surface area contributed by atoms with E-state index in [9.17, 15) is 4.79 Å². The van der Waals surface area contributed by atoms with E-state index in [1.165, 1.54) is 0 Å². The second-order valence-electron chi connectivity index (χ2n) is 4.61. The number of carbonyl (C=O) groups excluding carboxylic acids is 1. The summed E-state index contributed by atoms with van der Waals surface area (Å²) in [6.45, 7) is 6.33. The lowest BCUT2D eigenvalue weighted by molar-refractivity contribution is -0.145. The monoisotopic (exact) mass is 288 g/mol. The molecule has 0 aliphatic rings. The van der Waals surface area contributed by atoms with Crippen LogP contribution in [0.1, 0.15) is 38.7 Å². The van der Waals surface area contributed by atoms with Crippen molar-refractivity contribution in [3.8, 4) is 0 Å². The van der Waals surface area contributed by atoms with Crippen molar-refractivity contribution < 1.29 is 9.53 Å². The van der Waals surface area contributed by atoms with Crippen molar-refractivity contribution in [3.63, 3.8) is 0 Å². The van der Waals surface area contributed by atoms with Gasteiger partial charge in [-0.05, 0) is 37.0 Å². The summed E-state index contributed by atoms with van der Waals surface area (Å²) in [4.78, 5) is 12.0. The first-order valence-electron chi connectivity index (χ1n) is 6.07. The van der Waals surface area contributed by atoms with E-state index in [-0.39, 0.29) is 11.9 Å². The second kappa shape index (κ2) is 7.01. The number of ether oxygens (including phenoxy) is 1. The van der Waals surface area contributed by atoms with Gasteiger partial charge in [0.2, 0.25) is 0 Å². The van der Waals surface area contributed by atoms with Crippen LogP contribution in [0.25, 0.3) is 0 Å². The van der Waals surface area contributed by atoms with Crippen LogP contribution in [0, 0.1) is 5.92 Å². The van der Waals surface area contributed by atoms with Crippen molar-refractivity contribution in [1.82, 2.24) is 0 Å². The first-order chi connectivity index (χ1) is 8.45. The molecule has 0 radical (unpaired) electrons. The molecule has 0 aromatic heterocycles. The topological polar surface area (TPSA) is 26.3 Å². The Kier molecular flexibility index (Phi) is 5.97. The third-order valence-electron chi connectivity index (χ3n) is 2.62. The predicted molar refractivity (Wildman–Crippen MR) is 75.3 cm³/mol. The molecule has 100 valence electrons. The van der Waals surface area contributed by atoms with Crippen LogP contribution in [0.4, 0.5) is 0 Å². The zero-order valence-corrected chi connectivity index (χ0v) is 12.4. The summed E-state index contributed by atoms with van der Waals surface area (Å²) in [6, 6.07) is 5.29. The number of hydrogen-bond acceptors (Lipinski definition) is 2. The highest BCUT2D eigenvalue weighted by atomic mass is 35.5. The van der Waals surface area contributed by atoms with E-state index in [1.54, 1.807) is 19.1 Å². The molecule has 1 atom stereocenters. The Labute approximate surface area is 118 Å². The van der Waals surface area contributed by atoms with Gasteiger partial charge in [0.05, 0.1) is 22.6 Å². The van der Waals surface area contributed by atoms with Crippen LogP contribution in [-0.2, 0) is 9.53 Å². The van der Waals surface area contributed by atoms with Gasteiger partial charge < -0.3 is 4.74 Å². The smallest absolute Gasteiger partial charge is 0.313 e. The highest BCUT2D eigenvalue weighted by Gasteiger charge is 2.23. The molecule has 0 spiro atoms. The first-order valence-corrected chi connectivity index (χ1v) is 6.82. The van der Waals surface area contributed by atoms with Gasteiger partial charge in [0.25, 0.3) is 0 Å². The maximum Gasteiger partial charge on any atom is 0.313 e. The van der Waals surface area contributed by atoms with Crippen LogP contribution in [0.5, 0.6) is 0 Å². The van der Waals surface area contributed by atoms with Crippen molar-refractivity contribution in [3.05, 3.63) is 33.8 Å². The highest BCUT2D eigenvalue weighted by molar-refractivity contribution is 6.42. The molecule has 0 unspecified atom stereocenters. The SMILES string of the molecule is CCOC(=O)[C@@H](CC(C)C)c1ccc(Cl)c(Cl)c1. The number of hydrogen-bond donors (Lipinski definition) is 0. The van der Waals surface area contributed by atoms with Gasteiger partial charge in [0.1, 0.15) is 0 Å². The molecule has 0 bridgehead atoms. The fourth-order valence-corrected chi connectivity index (χ4v) is 2.12. The molecule has 0 fully saturated rings. The molecule has 0 N–H and O–H groups in total. The third kappa shape index (κ3) is 4.18. The van der Waals surface area contributed by atoms with E-state index in [4.69, 9.17) is 27.9 Å². The molecule has 0 heterocycles. The summed E-state index contributed by atoms with van der Waals surface area (Å²) < 4.78 is 5.11. The van der Waals surface area contributed by atoms with Crippen LogP contribution in [-0.4, -0.2) is 12.6 Å². The van der Waals surface area contributed by atoms with E-state index >= 15 is 0 Å². The van der Waals surface area contributed by atoms with Gasteiger partial charge in [-0.15, -0.1) is 0 Å². The maximum absolute atomic E-state index is 12.0. The average Bonchev–Trinajstić information content (AvgIpc) is 2.30. The highest BCUT2D eigenvalue weighted by Crippen LogP contribution is 2.30. The molecular weight excluding hydrogens is 271 g/mol. The van der Waals surface area contributed by atoms with Gasteiger partial charge in [-0.25, -0.2) is 0 Å². The van der Waals surface area contributed by atoms with Gasteiger partial charge in [-0.1, -0.05) is 43.1 Å². The lowest BCUT2D eigenvalue weighted by Crippen LogP contribution is -2.18. The quantitative estimate of drug-likeness (QED) is 0.735. The molecule has 0 saturated heterocycles. The minimum Gasteiger partial charge on any atom is -0.466 e. The van der Waals surface area contributed by atoms with Crippen LogP contribution >= 0.6 is 23.2 Å². The summed E-state index contributed by atoms with van der Waals surface area (Å²) in [6.07, 6.45) is 0.733. The minimum absolute atomic E-state index is 0.204. The molecule has 4 heteroatoms. The Hall–Kier alpha value is -0.730. The van der Waals surface area contributed by atoms with Gasteiger partial charge in [-0.2, -0.15) is 0 Å². The van der Waals surface area contributed by atoms with E-state index in [0.717, 1.165) is 12.0 Å². The molecule has 1 aromatic carbocycles.